The Balaban J connectivity index is 2.05. The van der Waals surface area contributed by atoms with E-state index in [9.17, 15) is 18.0 Å². The van der Waals surface area contributed by atoms with E-state index >= 15 is 0 Å². The topological polar surface area (TPSA) is 53.4 Å². The fraction of sp³-hybridized carbons (Fsp3) is 0.692. The van der Waals surface area contributed by atoms with Crippen LogP contribution >= 0.6 is 11.3 Å². The third-order valence-corrected chi connectivity index (χ3v) is 4.62. The Morgan fingerprint density at radius 1 is 1.52 bits per heavy atom. The first-order valence-electron chi connectivity index (χ1n) is 6.80. The number of carboxylic acids is 1. The van der Waals surface area contributed by atoms with E-state index in [0.29, 0.717) is 30.2 Å². The van der Waals surface area contributed by atoms with Gasteiger partial charge in [-0.3, -0.25) is 0 Å². The van der Waals surface area contributed by atoms with Crippen molar-refractivity contribution >= 4 is 17.3 Å². The molecule has 118 valence electrons. The number of thiazole rings is 1. The van der Waals surface area contributed by atoms with Crippen LogP contribution < -0.4 is 0 Å². The lowest BCUT2D eigenvalue weighted by Gasteiger charge is -2.30. The fourth-order valence-electron chi connectivity index (χ4n) is 2.55. The molecular formula is C13H17F3N2O2S. The minimum Gasteiger partial charge on any atom is -0.477 e. The quantitative estimate of drug-likeness (QED) is 0.925. The fourth-order valence-corrected chi connectivity index (χ4v) is 3.46. The molecule has 1 aliphatic heterocycles. The second-order valence-corrected chi connectivity index (χ2v) is 6.47. The lowest BCUT2D eigenvalue weighted by atomic mass is 10.0. The van der Waals surface area contributed by atoms with Gasteiger partial charge in [-0.25, -0.2) is 9.78 Å². The smallest absolute Gasteiger partial charge is 0.435 e. The maximum atomic E-state index is 12.7. The third kappa shape index (κ3) is 4.16. The largest absolute Gasteiger partial charge is 0.477 e. The molecule has 1 fully saturated rings. The monoisotopic (exact) mass is 322 g/mol. The van der Waals surface area contributed by atoms with Crippen LogP contribution in [0.5, 0.6) is 0 Å². The first-order chi connectivity index (χ1) is 9.77. The van der Waals surface area contributed by atoms with Gasteiger partial charge in [-0.05, 0) is 25.3 Å². The molecule has 0 aromatic carbocycles. The Bertz CT molecular complexity index is 516. The SMILES string of the molecule is CC1CCCN(CCc2nc(C(F)(F)F)c(C(=O)O)s2)C1. The van der Waals surface area contributed by atoms with Crippen molar-refractivity contribution in [2.24, 2.45) is 5.92 Å². The zero-order valence-corrected chi connectivity index (χ0v) is 12.4. The van der Waals surface area contributed by atoms with E-state index in [1.54, 1.807) is 0 Å². The second kappa shape index (κ2) is 6.31. The number of hydrogen-bond acceptors (Lipinski definition) is 4. The molecule has 1 unspecified atom stereocenters. The average Bonchev–Trinajstić information content (AvgIpc) is 2.81. The highest BCUT2D eigenvalue weighted by Gasteiger charge is 2.39. The van der Waals surface area contributed by atoms with Gasteiger partial charge in [-0.2, -0.15) is 13.2 Å². The van der Waals surface area contributed by atoms with E-state index in [1.807, 2.05) is 0 Å². The number of carbonyl (C=O) groups is 1. The molecule has 1 saturated heterocycles. The van der Waals surface area contributed by atoms with Crippen molar-refractivity contribution in [1.82, 2.24) is 9.88 Å². The summed E-state index contributed by atoms with van der Waals surface area (Å²) in [4.78, 5) is 15.9. The molecule has 0 amide bonds. The van der Waals surface area contributed by atoms with Crippen LogP contribution in [-0.4, -0.2) is 40.6 Å². The van der Waals surface area contributed by atoms with Gasteiger partial charge in [-0.15, -0.1) is 11.3 Å². The zero-order chi connectivity index (χ0) is 15.6. The summed E-state index contributed by atoms with van der Waals surface area (Å²) in [5, 5.41) is 9.09. The summed E-state index contributed by atoms with van der Waals surface area (Å²) < 4.78 is 38.2. The van der Waals surface area contributed by atoms with E-state index in [0.717, 1.165) is 19.5 Å². The number of piperidine rings is 1. The van der Waals surface area contributed by atoms with Crippen molar-refractivity contribution in [3.8, 4) is 0 Å². The summed E-state index contributed by atoms with van der Waals surface area (Å²) in [6.45, 7) is 4.64. The van der Waals surface area contributed by atoms with Crippen LogP contribution in [0, 0.1) is 5.92 Å². The van der Waals surface area contributed by atoms with Gasteiger partial charge < -0.3 is 10.0 Å². The maximum absolute atomic E-state index is 12.7. The van der Waals surface area contributed by atoms with Gasteiger partial charge in [0.05, 0.1) is 5.01 Å². The Morgan fingerprint density at radius 3 is 2.76 bits per heavy atom. The number of rotatable bonds is 4. The van der Waals surface area contributed by atoms with Gasteiger partial charge >= 0.3 is 12.1 Å². The summed E-state index contributed by atoms with van der Waals surface area (Å²) in [6.07, 6.45) is -2.10. The van der Waals surface area contributed by atoms with Crippen LogP contribution in [0.2, 0.25) is 0 Å². The zero-order valence-electron chi connectivity index (χ0n) is 11.6. The molecule has 8 heteroatoms. The molecule has 4 nitrogen and oxygen atoms in total. The Morgan fingerprint density at radius 2 is 2.24 bits per heavy atom. The van der Waals surface area contributed by atoms with Crippen LogP contribution in [0.4, 0.5) is 13.2 Å². The molecular weight excluding hydrogens is 305 g/mol. The van der Waals surface area contributed by atoms with Crippen molar-refractivity contribution in [3.63, 3.8) is 0 Å². The van der Waals surface area contributed by atoms with Gasteiger partial charge in [0, 0.05) is 19.5 Å². The molecule has 0 aliphatic carbocycles. The molecule has 0 saturated carbocycles. The van der Waals surface area contributed by atoms with Gasteiger partial charge in [0.2, 0.25) is 0 Å². The molecule has 1 aromatic heterocycles. The van der Waals surface area contributed by atoms with Gasteiger partial charge in [-0.1, -0.05) is 6.92 Å². The van der Waals surface area contributed by atoms with E-state index in [-0.39, 0.29) is 5.01 Å². The molecule has 0 bridgehead atoms. The van der Waals surface area contributed by atoms with Crippen molar-refractivity contribution in [2.75, 3.05) is 19.6 Å². The minimum atomic E-state index is -4.72. The van der Waals surface area contributed by atoms with E-state index in [4.69, 9.17) is 5.11 Å². The maximum Gasteiger partial charge on any atom is 0.435 e. The first-order valence-corrected chi connectivity index (χ1v) is 7.61. The lowest BCUT2D eigenvalue weighted by Crippen LogP contribution is -2.35. The first kappa shape index (κ1) is 16.2. The summed E-state index contributed by atoms with van der Waals surface area (Å²) in [6, 6.07) is 0. The van der Waals surface area contributed by atoms with Crippen molar-refractivity contribution in [2.45, 2.75) is 32.4 Å². The summed E-state index contributed by atoms with van der Waals surface area (Å²) >= 11 is 0.627. The van der Waals surface area contributed by atoms with E-state index < -0.39 is 22.7 Å². The van der Waals surface area contributed by atoms with Crippen molar-refractivity contribution < 1.29 is 23.1 Å². The number of hydrogen-bond donors (Lipinski definition) is 1. The lowest BCUT2D eigenvalue weighted by molar-refractivity contribution is -0.141. The molecule has 1 atom stereocenters. The van der Waals surface area contributed by atoms with Crippen LogP contribution in [-0.2, 0) is 12.6 Å². The summed E-state index contributed by atoms with van der Waals surface area (Å²) in [5.41, 5.74) is -1.28. The minimum absolute atomic E-state index is 0.234. The second-order valence-electron chi connectivity index (χ2n) is 5.39. The highest BCUT2D eigenvalue weighted by molar-refractivity contribution is 7.13. The molecule has 1 aliphatic rings. The molecule has 2 heterocycles. The molecule has 0 radical (unpaired) electrons. The van der Waals surface area contributed by atoms with Gasteiger partial charge in [0.25, 0.3) is 0 Å². The molecule has 1 aromatic rings. The highest BCUT2D eigenvalue weighted by Crippen LogP contribution is 2.34. The van der Waals surface area contributed by atoms with Crippen LogP contribution in [0.15, 0.2) is 0 Å². The highest BCUT2D eigenvalue weighted by atomic mass is 32.1. The van der Waals surface area contributed by atoms with Gasteiger partial charge in [0.15, 0.2) is 5.69 Å². The van der Waals surface area contributed by atoms with Crippen molar-refractivity contribution in [3.05, 3.63) is 15.6 Å². The predicted molar refractivity (Wildman–Crippen MR) is 72.6 cm³/mol. The Hall–Kier alpha value is -1.15. The number of carboxylic acid groups (broad SMARTS) is 1. The Kier molecular flexibility index (Phi) is 4.88. The normalized spacial score (nSPS) is 20.7. The third-order valence-electron chi connectivity index (χ3n) is 3.52. The number of nitrogens with zero attached hydrogens (tertiary/aromatic N) is 2. The number of alkyl halides is 3. The number of aromatic nitrogens is 1. The summed E-state index contributed by atoms with van der Waals surface area (Å²) in [7, 11) is 0. The molecule has 0 spiro atoms. The Labute approximate surface area is 124 Å². The molecule has 21 heavy (non-hydrogen) atoms. The number of halogens is 3. The number of likely N-dealkylation sites (tertiary alicyclic amines) is 1. The van der Waals surface area contributed by atoms with Crippen LogP contribution in [0.1, 0.15) is 40.1 Å². The summed E-state index contributed by atoms with van der Waals surface area (Å²) in [5.74, 6) is -0.979. The molecule has 2 rings (SSSR count). The van der Waals surface area contributed by atoms with E-state index in [1.165, 1.54) is 6.42 Å². The number of aromatic carboxylic acids is 1. The van der Waals surface area contributed by atoms with Gasteiger partial charge in [0.1, 0.15) is 4.88 Å². The standard InChI is InChI=1S/C13H17F3N2O2S/c1-8-3-2-5-18(7-8)6-4-9-17-11(13(14,15)16)10(21-9)12(19)20/h8H,2-7H2,1H3,(H,19,20). The predicted octanol–water partition coefficient (Wildman–Crippen LogP) is 3.13. The van der Waals surface area contributed by atoms with Crippen molar-refractivity contribution in [1.29, 1.82) is 0 Å². The van der Waals surface area contributed by atoms with E-state index in [2.05, 4.69) is 16.8 Å². The average molecular weight is 322 g/mol. The van der Waals surface area contributed by atoms with Crippen LogP contribution in [0.3, 0.4) is 0 Å². The molecule has 1 N–H and O–H groups in total. The van der Waals surface area contributed by atoms with Crippen LogP contribution in [0.25, 0.3) is 0 Å².